The van der Waals surface area contributed by atoms with E-state index in [1.54, 1.807) is 4.90 Å². The van der Waals surface area contributed by atoms with Crippen molar-refractivity contribution in [3.63, 3.8) is 0 Å². The quantitative estimate of drug-likeness (QED) is 0.526. The summed E-state index contributed by atoms with van der Waals surface area (Å²) in [7, 11) is 0. The third-order valence-electron chi connectivity index (χ3n) is 5.96. The molecule has 6 nitrogen and oxygen atoms in total. The van der Waals surface area contributed by atoms with E-state index in [1.165, 1.54) is 11.6 Å². The van der Waals surface area contributed by atoms with Crippen LogP contribution in [0.2, 0.25) is 0 Å². The van der Waals surface area contributed by atoms with Gasteiger partial charge in [-0.1, -0.05) is 34.1 Å². The van der Waals surface area contributed by atoms with Crippen LogP contribution in [0.25, 0.3) is 5.65 Å². The second kappa shape index (κ2) is 8.15. The number of carbonyl (C=O) groups excluding carboxylic acids is 1. The lowest BCUT2D eigenvalue weighted by Gasteiger charge is -2.34. The first-order chi connectivity index (χ1) is 15.3. The zero-order valence-electron chi connectivity index (χ0n) is 17.1. The first-order valence-electron chi connectivity index (χ1n) is 10.5. The monoisotopic (exact) mass is 507 g/mol. The Morgan fingerprint density at radius 3 is 2.47 bits per heavy atom. The number of nitrogens with zero attached hydrogens (tertiary/aromatic N) is 5. The van der Waals surface area contributed by atoms with Gasteiger partial charge in [0.05, 0.1) is 0 Å². The third kappa shape index (κ3) is 4.25. The number of halogens is 4. The smallest absolute Gasteiger partial charge is 0.335 e. The van der Waals surface area contributed by atoms with Gasteiger partial charge in [0.25, 0.3) is 5.91 Å². The van der Waals surface area contributed by atoms with E-state index in [0.717, 1.165) is 34.4 Å². The number of piperazine rings is 1. The molecule has 0 N–H and O–H groups in total. The standard InChI is InChI=1S/C22H21BrF3N5O/c23-16-4-2-1-3-15(16)13-29-7-9-30(10-8-29)21(32)18-12-20-27-17(14-5-6-14)11-19(22(24,25)26)31(20)28-18/h1-4,11-12,14H,5-10,13H2. The molecule has 2 aliphatic rings. The minimum atomic E-state index is -4.57. The van der Waals surface area contributed by atoms with E-state index < -0.39 is 11.9 Å². The van der Waals surface area contributed by atoms with Crippen molar-refractivity contribution in [1.82, 2.24) is 24.4 Å². The highest BCUT2D eigenvalue weighted by Gasteiger charge is 2.38. The summed E-state index contributed by atoms with van der Waals surface area (Å²) in [6, 6.07) is 10.4. The molecule has 3 heterocycles. The van der Waals surface area contributed by atoms with E-state index in [9.17, 15) is 18.0 Å². The molecular weight excluding hydrogens is 487 g/mol. The lowest BCUT2D eigenvalue weighted by Crippen LogP contribution is -2.48. The Hall–Kier alpha value is -2.46. The summed E-state index contributed by atoms with van der Waals surface area (Å²) in [4.78, 5) is 21.2. The summed E-state index contributed by atoms with van der Waals surface area (Å²) in [5.74, 6) is -0.301. The lowest BCUT2D eigenvalue weighted by molar-refractivity contribution is -0.142. The first kappa shape index (κ1) is 21.4. The average Bonchev–Trinajstić information content (AvgIpc) is 3.52. The normalized spacial score (nSPS) is 17.8. The van der Waals surface area contributed by atoms with Crippen molar-refractivity contribution in [2.75, 3.05) is 26.2 Å². The van der Waals surface area contributed by atoms with Gasteiger partial charge < -0.3 is 4.90 Å². The van der Waals surface area contributed by atoms with Crippen molar-refractivity contribution in [3.05, 3.63) is 63.5 Å². The van der Waals surface area contributed by atoms with Crippen LogP contribution < -0.4 is 0 Å². The second-order valence-electron chi connectivity index (χ2n) is 8.30. The van der Waals surface area contributed by atoms with Gasteiger partial charge in [-0.25, -0.2) is 9.50 Å². The average molecular weight is 508 g/mol. The number of amides is 1. The molecule has 0 spiro atoms. The molecule has 1 aromatic carbocycles. The van der Waals surface area contributed by atoms with Crippen molar-refractivity contribution in [3.8, 4) is 0 Å². The van der Waals surface area contributed by atoms with E-state index >= 15 is 0 Å². The number of fused-ring (bicyclic) bond motifs is 1. The Balaban J connectivity index is 1.32. The van der Waals surface area contributed by atoms with Gasteiger partial charge in [0.15, 0.2) is 11.3 Å². The van der Waals surface area contributed by atoms with Crippen LogP contribution in [0.3, 0.4) is 0 Å². The highest BCUT2D eigenvalue weighted by Crippen LogP contribution is 2.41. The van der Waals surface area contributed by atoms with Crippen molar-refractivity contribution < 1.29 is 18.0 Å². The van der Waals surface area contributed by atoms with Gasteiger partial charge in [0.1, 0.15) is 5.69 Å². The maximum atomic E-state index is 13.6. The zero-order valence-corrected chi connectivity index (χ0v) is 18.7. The van der Waals surface area contributed by atoms with Gasteiger partial charge in [-0.05, 0) is 30.5 Å². The molecule has 0 bridgehead atoms. The van der Waals surface area contributed by atoms with Gasteiger partial charge >= 0.3 is 6.18 Å². The van der Waals surface area contributed by atoms with Crippen LogP contribution >= 0.6 is 15.9 Å². The largest absolute Gasteiger partial charge is 0.433 e. The molecular formula is C22H21BrF3N5O. The van der Waals surface area contributed by atoms with E-state index in [1.807, 2.05) is 18.2 Å². The second-order valence-corrected chi connectivity index (χ2v) is 9.15. The predicted octanol–water partition coefficient (Wildman–Crippen LogP) is 4.35. The first-order valence-corrected chi connectivity index (χ1v) is 11.3. The van der Waals surface area contributed by atoms with Gasteiger partial charge in [0.2, 0.25) is 0 Å². The molecule has 1 aliphatic heterocycles. The van der Waals surface area contributed by atoms with Gasteiger partial charge in [-0.15, -0.1) is 0 Å². The molecule has 1 saturated heterocycles. The van der Waals surface area contributed by atoms with Crippen LogP contribution in [0, 0.1) is 0 Å². The van der Waals surface area contributed by atoms with Crippen molar-refractivity contribution in [1.29, 1.82) is 0 Å². The Labute approximate surface area is 191 Å². The van der Waals surface area contributed by atoms with Crippen LogP contribution in [0.15, 0.2) is 40.9 Å². The number of hydrogen-bond acceptors (Lipinski definition) is 4. The van der Waals surface area contributed by atoms with Crippen LogP contribution in [-0.4, -0.2) is 56.5 Å². The van der Waals surface area contributed by atoms with Crippen molar-refractivity contribution in [2.24, 2.45) is 0 Å². The summed E-state index contributed by atoms with van der Waals surface area (Å²) in [5.41, 5.74) is 0.767. The number of rotatable bonds is 4. The van der Waals surface area contributed by atoms with Gasteiger partial charge in [-0.3, -0.25) is 9.69 Å². The molecule has 1 saturated carbocycles. The molecule has 2 fully saturated rings. The summed E-state index contributed by atoms with van der Waals surface area (Å²) in [6.45, 7) is 3.10. The number of hydrogen-bond donors (Lipinski definition) is 0. The predicted molar refractivity (Wildman–Crippen MR) is 115 cm³/mol. The lowest BCUT2D eigenvalue weighted by atomic mass is 10.2. The fourth-order valence-corrected chi connectivity index (χ4v) is 4.44. The highest BCUT2D eigenvalue weighted by molar-refractivity contribution is 9.10. The molecule has 1 amide bonds. The van der Waals surface area contributed by atoms with Gasteiger partial charge in [0, 0.05) is 54.9 Å². The minimum Gasteiger partial charge on any atom is -0.335 e. The summed E-state index contributed by atoms with van der Waals surface area (Å²) >= 11 is 3.56. The maximum absolute atomic E-state index is 13.6. The molecule has 0 unspecified atom stereocenters. The fraction of sp³-hybridized carbons (Fsp3) is 0.409. The molecule has 1 aliphatic carbocycles. The topological polar surface area (TPSA) is 53.7 Å². The van der Waals surface area contributed by atoms with E-state index in [0.29, 0.717) is 31.9 Å². The molecule has 0 atom stereocenters. The van der Waals surface area contributed by atoms with Crippen LogP contribution in [0.4, 0.5) is 13.2 Å². The molecule has 2 aromatic heterocycles. The number of benzene rings is 1. The Kier molecular flexibility index (Phi) is 5.45. The summed E-state index contributed by atoms with van der Waals surface area (Å²) in [6.07, 6.45) is -2.90. The summed E-state index contributed by atoms with van der Waals surface area (Å²) in [5, 5.41) is 4.00. The van der Waals surface area contributed by atoms with E-state index in [2.05, 4.69) is 37.0 Å². The molecule has 10 heteroatoms. The zero-order chi connectivity index (χ0) is 22.5. The maximum Gasteiger partial charge on any atom is 0.433 e. The molecule has 5 rings (SSSR count). The Morgan fingerprint density at radius 2 is 1.81 bits per heavy atom. The summed E-state index contributed by atoms with van der Waals surface area (Å²) < 4.78 is 42.6. The Bertz CT molecular complexity index is 1170. The molecule has 0 radical (unpaired) electrons. The van der Waals surface area contributed by atoms with E-state index in [-0.39, 0.29) is 23.2 Å². The van der Waals surface area contributed by atoms with Crippen LogP contribution in [0.1, 0.15) is 46.2 Å². The number of alkyl halides is 3. The van der Waals surface area contributed by atoms with E-state index in [4.69, 9.17) is 0 Å². The van der Waals surface area contributed by atoms with Crippen molar-refractivity contribution in [2.45, 2.75) is 31.5 Å². The molecule has 3 aromatic rings. The fourth-order valence-electron chi connectivity index (χ4n) is 4.03. The SMILES string of the molecule is O=C(c1cc2nc(C3CC3)cc(C(F)(F)F)n2n1)N1CCN(Cc2ccccc2Br)CC1. The van der Waals surface area contributed by atoms with Crippen molar-refractivity contribution >= 4 is 27.5 Å². The van der Waals surface area contributed by atoms with Crippen LogP contribution in [-0.2, 0) is 12.7 Å². The number of aromatic nitrogens is 3. The minimum absolute atomic E-state index is 0.00444. The van der Waals surface area contributed by atoms with Gasteiger partial charge in [-0.2, -0.15) is 18.3 Å². The Morgan fingerprint density at radius 1 is 1.09 bits per heavy atom. The number of carbonyl (C=O) groups is 1. The third-order valence-corrected chi connectivity index (χ3v) is 6.74. The molecule has 32 heavy (non-hydrogen) atoms. The molecule has 168 valence electrons. The highest BCUT2D eigenvalue weighted by atomic mass is 79.9. The van der Waals surface area contributed by atoms with Crippen LogP contribution in [0.5, 0.6) is 0 Å².